The second-order valence-corrected chi connectivity index (χ2v) is 12.7. The summed E-state index contributed by atoms with van der Waals surface area (Å²) < 4.78 is 5.34. The summed E-state index contributed by atoms with van der Waals surface area (Å²) in [7, 11) is 0. The molecular weight excluding hydrogens is 537 g/mol. The molecule has 2 saturated carbocycles. The molecule has 11 nitrogen and oxygen atoms in total. The van der Waals surface area contributed by atoms with Gasteiger partial charge in [-0.1, -0.05) is 6.92 Å². The van der Waals surface area contributed by atoms with Gasteiger partial charge in [-0.05, 0) is 60.3 Å². The van der Waals surface area contributed by atoms with Crippen molar-refractivity contribution in [2.24, 2.45) is 33.4 Å². The topological polar surface area (TPSA) is 200 Å². The molecule has 2 spiro atoms. The van der Waals surface area contributed by atoms with Crippen LogP contribution in [0.15, 0.2) is 0 Å². The fourth-order valence-electron chi connectivity index (χ4n) is 4.97. The van der Waals surface area contributed by atoms with Gasteiger partial charge in [0.1, 0.15) is 5.60 Å². The molecule has 13 heteroatoms. The molecule has 0 aromatic rings. The Morgan fingerprint density at radius 1 is 0.947 bits per heavy atom. The summed E-state index contributed by atoms with van der Waals surface area (Å²) in [4.78, 5) is 44.9. The number of carboxylic acids is 1. The zero-order valence-corrected chi connectivity index (χ0v) is 25.0. The number of ether oxygens (including phenoxy) is 1. The van der Waals surface area contributed by atoms with Crippen LogP contribution in [0.3, 0.4) is 0 Å². The summed E-state index contributed by atoms with van der Waals surface area (Å²) in [5.74, 6) is -0.839. The van der Waals surface area contributed by atoms with Crippen LogP contribution in [0.1, 0.15) is 80.1 Å². The van der Waals surface area contributed by atoms with Crippen molar-refractivity contribution < 1.29 is 29.0 Å². The summed E-state index contributed by atoms with van der Waals surface area (Å²) >= 11 is 0. The number of carbonyl (C=O) groups is 4. The van der Waals surface area contributed by atoms with Crippen molar-refractivity contribution in [3.8, 4) is 0 Å². The highest BCUT2D eigenvalue weighted by molar-refractivity contribution is 5.90. The molecule has 0 aromatic carbocycles. The normalized spacial score (nSPS) is 28.6. The molecular formula is C25H47Cl2N5O6. The highest BCUT2D eigenvalue weighted by Crippen LogP contribution is 2.62. The van der Waals surface area contributed by atoms with E-state index in [4.69, 9.17) is 27.0 Å². The maximum Gasteiger partial charge on any atom is 0.306 e. The largest absolute Gasteiger partial charge is 0.481 e. The van der Waals surface area contributed by atoms with Crippen LogP contribution in [0.2, 0.25) is 0 Å². The fourth-order valence-corrected chi connectivity index (χ4v) is 4.97. The molecule has 2 aliphatic heterocycles. The minimum absolute atomic E-state index is 0. The number of nitrogens with one attached hydrogen (secondary N) is 2. The SMILES string of the molecule is CC(C)(C)OC(=O)CC1(C)CNC(=O)C12CC2.CC(N)(CN)CC(=O)O.CC1(N)CNC(=O)C12CC2.Cl.Cl. The predicted octanol–water partition coefficient (Wildman–Crippen LogP) is 1.23. The number of esters is 1. The molecule has 38 heavy (non-hydrogen) atoms. The molecule has 0 aromatic heterocycles. The van der Waals surface area contributed by atoms with E-state index in [1.165, 1.54) is 0 Å². The molecule has 2 heterocycles. The van der Waals surface area contributed by atoms with Crippen molar-refractivity contribution >= 4 is 48.6 Å². The lowest BCUT2D eigenvalue weighted by Crippen LogP contribution is -2.46. The number of hydrogen-bond acceptors (Lipinski definition) is 8. The quantitative estimate of drug-likeness (QED) is 0.257. The van der Waals surface area contributed by atoms with Gasteiger partial charge in [-0.3, -0.25) is 19.2 Å². The predicted molar refractivity (Wildman–Crippen MR) is 149 cm³/mol. The third-order valence-electron chi connectivity index (χ3n) is 7.85. The minimum Gasteiger partial charge on any atom is -0.481 e. The van der Waals surface area contributed by atoms with Crippen molar-refractivity contribution in [2.75, 3.05) is 19.6 Å². The molecule has 4 aliphatic rings. The van der Waals surface area contributed by atoms with Crippen LogP contribution in [-0.4, -0.2) is 65.2 Å². The average Bonchev–Trinajstić information content (AvgIpc) is 3.60. The van der Waals surface area contributed by atoms with Gasteiger partial charge in [0, 0.05) is 36.1 Å². The van der Waals surface area contributed by atoms with E-state index < -0.39 is 17.1 Å². The maximum absolute atomic E-state index is 11.9. The third kappa shape index (κ3) is 8.17. The lowest BCUT2D eigenvalue weighted by Gasteiger charge is -2.29. The van der Waals surface area contributed by atoms with E-state index >= 15 is 0 Å². The Morgan fingerprint density at radius 3 is 1.68 bits per heavy atom. The summed E-state index contributed by atoms with van der Waals surface area (Å²) in [5, 5.41) is 13.9. The highest BCUT2D eigenvalue weighted by atomic mass is 35.5. The fraction of sp³-hybridized carbons (Fsp3) is 0.840. The number of nitrogens with two attached hydrogens (primary N) is 3. The van der Waals surface area contributed by atoms with Crippen LogP contribution in [0.25, 0.3) is 0 Å². The van der Waals surface area contributed by atoms with Gasteiger partial charge in [0.25, 0.3) is 0 Å². The Balaban J connectivity index is 0.000000565. The summed E-state index contributed by atoms with van der Waals surface area (Å²) in [5.41, 5.74) is 14.3. The average molecular weight is 585 g/mol. The van der Waals surface area contributed by atoms with Gasteiger partial charge in [-0.2, -0.15) is 0 Å². The molecule has 2 aliphatic carbocycles. The first-order chi connectivity index (χ1) is 16.2. The van der Waals surface area contributed by atoms with Crippen molar-refractivity contribution in [3.63, 3.8) is 0 Å². The van der Waals surface area contributed by atoms with Gasteiger partial charge in [0.05, 0.1) is 23.7 Å². The second-order valence-electron chi connectivity index (χ2n) is 12.7. The Kier molecular flexibility index (Phi) is 11.7. The highest BCUT2D eigenvalue weighted by Gasteiger charge is 2.66. The molecule has 2 saturated heterocycles. The van der Waals surface area contributed by atoms with E-state index in [9.17, 15) is 19.2 Å². The number of halogens is 2. The van der Waals surface area contributed by atoms with Gasteiger partial charge in [-0.15, -0.1) is 24.8 Å². The van der Waals surface area contributed by atoms with E-state index in [0.29, 0.717) is 19.5 Å². The molecule has 4 rings (SSSR count). The maximum atomic E-state index is 11.9. The standard InChI is InChI=1S/C13H21NO3.C7H12N2O.C5H12N2O2.2ClH/c1-11(2,3)17-9(15)7-12(4)8-14-10(16)13(12)5-6-13;1-6(8)4-9-5(10)7(6)2-3-7;1-5(7,3-6)2-4(8)9;;/h5-8H2,1-4H3,(H,14,16);2-4,8H2,1H3,(H,9,10);2-3,6-7H2,1H3,(H,8,9);2*1H. The van der Waals surface area contributed by atoms with Gasteiger partial charge >= 0.3 is 11.9 Å². The summed E-state index contributed by atoms with van der Waals surface area (Å²) in [6, 6.07) is 0. The first kappa shape index (κ1) is 36.3. The number of amides is 2. The number of hydrogen-bond donors (Lipinski definition) is 6. The number of aliphatic carboxylic acids is 1. The van der Waals surface area contributed by atoms with E-state index in [-0.39, 0.29) is 77.3 Å². The van der Waals surface area contributed by atoms with Crippen LogP contribution >= 0.6 is 24.8 Å². The van der Waals surface area contributed by atoms with Gasteiger partial charge < -0.3 is 37.7 Å². The van der Waals surface area contributed by atoms with Crippen LogP contribution in [-0.2, 0) is 23.9 Å². The first-order valence-corrected chi connectivity index (χ1v) is 12.5. The summed E-state index contributed by atoms with van der Waals surface area (Å²) in [6.07, 6.45) is 4.00. The Labute approximate surface area is 237 Å². The van der Waals surface area contributed by atoms with E-state index in [0.717, 1.165) is 25.7 Å². The number of carboxylic acid groups (broad SMARTS) is 1. The third-order valence-corrected chi connectivity index (χ3v) is 7.85. The van der Waals surface area contributed by atoms with Crippen molar-refractivity contribution in [1.29, 1.82) is 0 Å². The smallest absolute Gasteiger partial charge is 0.306 e. The van der Waals surface area contributed by atoms with Crippen molar-refractivity contribution in [3.05, 3.63) is 0 Å². The molecule has 2 amide bonds. The summed E-state index contributed by atoms with van der Waals surface area (Å²) in [6.45, 7) is 12.6. The first-order valence-electron chi connectivity index (χ1n) is 12.5. The monoisotopic (exact) mass is 583 g/mol. The van der Waals surface area contributed by atoms with Crippen molar-refractivity contribution in [1.82, 2.24) is 10.6 Å². The molecule has 9 N–H and O–H groups in total. The van der Waals surface area contributed by atoms with Crippen LogP contribution in [0, 0.1) is 16.2 Å². The molecule has 0 bridgehead atoms. The van der Waals surface area contributed by atoms with Crippen LogP contribution in [0.5, 0.6) is 0 Å². The van der Waals surface area contributed by atoms with Gasteiger partial charge in [0.2, 0.25) is 11.8 Å². The molecule has 0 radical (unpaired) electrons. The molecule has 222 valence electrons. The van der Waals surface area contributed by atoms with E-state index in [1.54, 1.807) is 6.92 Å². The van der Waals surface area contributed by atoms with Gasteiger partial charge in [0.15, 0.2) is 0 Å². The molecule has 4 fully saturated rings. The lowest BCUT2D eigenvalue weighted by atomic mass is 9.74. The Bertz CT molecular complexity index is 897. The van der Waals surface area contributed by atoms with E-state index in [2.05, 4.69) is 10.6 Å². The van der Waals surface area contributed by atoms with Crippen molar-refractivity contribution in [2.45, 2.75) is 96.7 Å². The lowest BCUT2D eigenvalue weighted by molar-refractivity contribution is -0.158. The van der Waals surface area contributed by atoms with Gasteiger partial charge in [-0.25, -0.2) is 0 Å². The minimum atomic E-state index is -0.912. The Hall–Kier alpha value is -1.66. The molecule has 3 unspecified atom stereocenters. The van der Waals surface area contributed by atoms with E-state index in [1.807, 2.05) is 34.6 Å². The zero-order chi connectivity index (χ0) is 27.8. The zero-order valence-electron chi connectivity index (χ0n) is 23.4. The van der Waals surface area contributed by atoms with Crippen LogP contribution in [0.4, 0.5) is 0 Å². The number of rotatable bonds is 5. The Morgan fingerprint density at radius 2 is 1.39 bits per heavy atom. The van der Waals surface area contributed by atoms with Crippen LogP contribution < -0.4 is 27.8 Å². The molecule has 3 atom stereocenters. The number of carbonyl (C=O) groups excluding carboxylic acids is 3. The second kappa shape index (κ2) is 12.2.